The zero-order valence-corrected chi connectivity index (χ0v) is 15.2. The molecule has 6 heteroatoms. The fourth-order valence-electron chi connectivity index (χ4n) is 2.06. The molecule has 1 aromatic rings. The van der Waals surface area contributed by atoms with E-state index in [1.165, 1.54) is 18.4 Å². The molecule has 0 bridgehead atoms. The molecule has 5 nitrogen and oxygen atoms in total. The van der Waals surface area contributed by atoms with E-state index in [0.717, 1.165) is 5.75 Å². The van der Waals surface area contributed by atoms with E-state index in [-0.39, 0.29) is 30.0 Å². The van der Waals surface area contributed by atoms with Gasteiger partial charge in [-0.05, 0) is 44.6 Å². The van der Waals surface area contributed by atoms with Crippen LogP contribution in [-0.2, 0) is 0 Å². The predicted molar refractivity (Wildman–Crippen MR) is 97.5 cm³/mol. The highest BCUT2D eigenvalue weighted by atomic mass is 127. The number of likely N-dealkylation sites (N-methyl/N-ethyl adjacent to an activating group) is 1. The van der Waals surface area contributed by atoms with Crippen LogP contribution in [-0.4, -0.2) is 44.7 Å². The van der Waals surface area contributed by atoms with Crippen molar-refractivity contribution in [2.45, 2.75) is 24.9 Å². The Bertz CT molecular complexity index is 457. The van der Waals surface area contributed by atoms with Gasteiger partial charge in [0.25, 0.3) is 0 Å². The number of benzene rings is 1. The van der Waals surface area contributed by atoms with Crippen molar-refractivity contribution in [3.05, 3.63) is 29.8 Å². The van der Waals surface area contributed by atoms with Crippen LogP contribution in [0, 0.1) is 0 Å². The molecule has 3 N–H and O–H groups in total. The van der Waals surface area contributed by atoms with Crippen LogP contribution in [0.1, 0.15) is 24.4 Å². The fraction of sp³-hybridized carbons (Fsp3) is 0.533. The summed E-state index contributed by atoms with van der Waals surface area (Å²) in [6, 6.07) is 8.84. The second-order valence-corrected chi connectivity index (χ2v) is 5.40. The van der Waals surface area contributed by atoms with Crippen molar-refractivity contribution in [2.24, 2.45) is 10.7 Å². The third kappa shape index (κ3) is 5.70. The van der Waals surface area contributed by atoms with Crippen molar-refractivity contribution in [1.82, 2.24) is 10.2 Å². The van der Waals surface area contributed by atoms with E-state index < -0.39 is 0 Å². The Labute approximate surface area is 144 Å². The third-order valence-electron chi connectivity index (χ3n) is 3.49. The monoisotopic (exact) mass is 404 g/mol. The Balaban J connectivity index is 0.00000220. The number of hydrogen-bond donors (Lipinski definition) is 2. The molecule has 1 fully saturated rings. The minimum atomic E-state index is 0. The molecule has 1 atom stereocenters. The van der Waals surface area contributed by atoms with Gasteiger partial charge in [0.15, 0.2) is 5.96 Å². The summed E-state index contributed by atoms with van der Waals surface area (Å²) < 4.78 is 5.19. The number of ether oxygens (including phenoxy) is 1. The van der Waals surface area contributed by atoms with Crippen molar-refractivity contribution in [3.8, 4) is 5.75 Å². The van der Waals surface area contributed by atoms with E-state index in [1.54, 1.807) is 7.11 Å². The zero-order valence-electron chi connectivity index (χ0n) is 12.9. The molecule has 0 spiro atoms. The lowest BCUT2D eigenvalue weighted by Gasteiger charge is -2.23. The molecule has 0 saturated heterocycles. The van der Waals surface area contributed by atoms with Crippen molar-refractivity contribution in [1.29, 1.82) is 0 Å². The van der Waals surface area contributed by atoms with Gasteiger partial charge in [-0.25, -0.2) is 0 Å². The smallest absolute Gasteiger partial charge is 0.188 e. The molecule has 118 valence electrons. The Hall–Kier alpha value is -1.02. The molecule has 0 aromatic heterocycles. The number of guanidine groups is 1. The van der Waals surface area contributed by atoms with Crippen LogP contribution in [0.2, 0.25) is 0 Å². The molecular formula is C15H25IN4O. The molecule has 1 aliphatic rings. The van der Waals surface area contributed by atoms with E-state index in [0.29, 0.717) is 18.5 Å². The van der Waals surface area contributed by atoms with Crippen molar-refractivity contribution in [2.75, 3.05) is 27.7 Å². The fourth-order valence-corrected chi connectivity index (χ4v) is 2.06. The lowest BCUT2D eigenvalue weighted by Crippen LogP contribution is -2.34. The van der Waals surface area contributed by atoms with Crippen LogP contribution in [0.25, 0.3) is 0 Å². The molecule has 1 aromatic carbocycles. The summed E-state index contributed by atoms with van der Waals surface area (Å²) in [6.07, 6.45) is 2.40. The standard InChI is InChI=1S/C15H24N4O.HI/c1-19(2)14(10-17-15(16)18-12-6-7-12)11-4-8-13(20-3)9-5-11;/h4-5,8-9,12,14H,6-7,10H2,1-3H3,(H3,16,17,18);1H. The van der Waals surface area contributed by atoms with Gasteiger partial charge in [0.1, 0.15) is 5.75 Å². The summed E-state index contributed by atoms with van der Waals surface area (Å²) in [4.78, 5) is 6.60. The minimum Gasteiger partial charge on any atom is -0.497 e. The first kappa shape index (κ1) is 18.0. The molecule has 21 heavy (non-hydrogen) atoms. The van der Waals surface area contributed by atoms with Crippen LogP contribution in [0.3, 0.4) is 0 Å². The van der Waals surface area contributed by atoms with Crippen molar-refractivity contribution >= 4 is 29.9 Å². The van der Waals surface area contributed by atoms with Gasteiger partial charge in [-0.2, -0.15) is 0 Å². The lowest BCUT2D eigenvalue weighted by atomic mass is 10.1. The first-order valence-electron chi connectivity index (χ1n) is 6.97. The summed E-state index contributed by atoms with van der Waals surface area (Å²) in [6.45, 7) is 0.644. The Morgan fingerprint density at radius 2 is 2.00 bits per heavy atom. The van der Waals surface area contributed by atoms with Crippen LogP contribution >= 0.6 is 24.0 Å². The molecule has 1 unspecified atom stereocenters. The SMILES string of the molecule is COc1ccc(C(CN=C(N)NC2CC2)N(C)C)cc1.I. The van der Waals surface area contributed by atoms with E-state index >= 15 is 0 Å². The topological polar surface area (TPSA) is 62.9 Å². The van der Waals surface area contributed by atoms with Gasteiger partial charge in [0.2, 0.25) is 0 Å². The van der Waals surface area contributed by atoms with Crippen LogP contribution in [0.5, 0.6) is 5.75 Å². The number of halogens is 1. The number of nitrogens with one attached hydrogen (secondary N) is 1. The van der Waals surface area contributed by atoms with E-state index in [1.807, 2.05) is 12.1 Å². The maximum Gasteiger partial charge on any atom is 0.188 e. The Morgan fingerprint density at radius 1 is 1.38 bits per heavy atom. The quantitative estimate of drug-likeness (QED) is 0.433. The maximum absolute atomic E-state index is 5.89. The summed E-state index contributed by atoms with van der Waals surface area (Å²) in [5, 5.41) is 3.21. The summed E-state index contributed by atoms with van der Waals surface area (Å²) in [5.41, 5.74) is 7.09. The summed E-state index contributed by atoms with van der Waals surface area (Å²) >= 11 is 0. The van der Waals surface area contributed by atoms with Gasteiger partial charge in [-0.15, -0.1) is 24.0 Å². The number of methoxy groups -OCH3 is 1. The molecule has 0 heterocycles. The highest BCUT2D eigenvalue weighted by Gasteiger charge is 2.21. The molecule has 1 aliphatic carbocycles. The third-order valence-corrected chi connectivity index (χ3v) is 3.49. The highest BCUT2D eigenvalue weighted by molar-refractivity contribution is 14.0. The zero-order chi connectivity index (χ0) is 14.5. The number of aliphatic imine (C=N–C) groups is 1. The van der Waals surface area contributed by atoms with Crippen molar-refractivity contribution < 1.29 is 4.74 Å². The van der Waals surface area contributed by atoms with E-state index in [9.17, 15) is 0 Å². The predicted octanol–water partition coefficient (Wildman–Crippen LogP) is 1.98. The van der Waals surface area contributed by atoms with Gasteiger partial charge in [0, 0.05) is 6.04 Å². The first-order chi connectivity index (χ1) is 9.60. The first-order valence-corrected chi connectivity index (χ1v) is 6.97. The number of nitrogens with two attached hydrogens (primary N) is 1. The minimum absolute atomic E-state index is 0. The van der Waals surface area contributed by atoms with Crippen LogP contribution in [0.4, 0.5) is 0 Å². The molecule has 0 radical (unpaired) electrons. The average molecular weight is 404 g/mol. The second kappa shape index (κ2) is 8.43. The summed E-state index contributed by atoms with van der Waals surface area (Å²) in [5.74, 6) is 1.41. The maximum atomic E-state index is 5.89. The molecule has 2 rings (SSSR count). The molecule has 0 aliphatic heterocycles. The highest BCUT2D eigenvalue weighted by Crippen LogP contribution is 2.22. The second-order valence-electron chi connectivity index (χ2n) is 5.40. The van der Waals surface area contributed by atoms with E-state index in [4.69, 9.17) is 10.5 Å². The number of rotatable bonds is 6. The van der Waals surface area contributed by atoms with Crippen LogP contribution in [0.15, 0.2) is 29.3 Å². The normalized spacial score (nSPS) is 16.3. The average Bonchev–Trinajstić information content (AvgIpc) is 3.23. The Morgan fingerprint density at radius 3 is 2.48 bits per heavy atom. The molecule has 0 amide bonds. The summed E-state index contributed by atoms with van der Waals surface area (Å²) in [7, 11) is 5.77. The number of nitrogens with zero attached hydrogens (tertiary/aromatic N) is 2. The van der Waals surface area contributed by atoms with Gasteiger partial charge < -0.3 is 20.7 Å². The van der Waals surface area contributed by atoms with Crippen LogP contribution < -0.4 is 15.8 Å². The lowest BCUT2D eigenvalue weighted by molar-refractivity contribution is 0.306. The van der Waals surface area contributed by atoms with Gasteiger partial charge in [-0.1, -0.05) is 12.1 Å². The number of hydrogen-bond acceptors (Lipinski definition) is 3. The largest absolute Gasteiger partial charge is 0.497 e. The van der Waals surface area contributed by atoms with Gasteiger partial charge in [0.05, 0.1) is 19.7 Å². The molecular weight excluding hydrogens is 379 g/mol. The van der Waals surface area contributed by atoms with E-state index in [2.05, 4.69) is 41.4 Å². The Kier molecular flexibility index (Phi) is 7.24. The van der Waals surface area contributed by atoms with Gasteiger partial charge in [-0.3, -0.25) is 4.99 Å². The van der Waals surface area contributed by atoms with Crippen molar-refractivity contribution in [3.63, 3.8) is 0 Å². The molecule has 1 saturated carbocycles. The van der Waals surface area contributed by atoms with Gasteiger partial charge >= 0.3 is 0 Å².